The van der Waals surface area contributed by atoms with E-state index in [1.807, 2.05) is 63.3 Å². The van der Waals surface area contributed by atoms with Gasteiger partial charge in [0.1, 0.15) is 5.15 Å². The van der Waals surface area contributed by atoms with E-state index in [2.05, 4.69) is 31.5 Å². The molecule has 0 aliphatic carbocycles. The SMILES string of the molecule is C/C=C\C(Br)=C/c1c[nH]c(Cl)c1C1=C(C(C)c2ccccc2NCC)C(=O)NC1=O. The molecule has 0 bridgehead atoms. The summed E-state index contributed by atoms with van der Waals surface area (Å²) in [5, 5.41) is 6.08. The van der Waals surface area contributed by atoms with Gasteiger partial charge in [-0.3, -0.25) is 14.9 Å². The first-order valence-corrected chi connectivity index (χ1v) is 10.9. The van der Waals surface area contributed by atoms with Crippen LogP contribution in [0.15, 0.2) is 52.7 Å². The molecular weight excluding hydrogens is 466 g/mol. The standard InChI is InChI=1S/C23H23BrClN3O2/c1-4-8-15(24)11-14-12-27-21(25)19(14)20-18(22(29)28-23(20)30)13(3)16-9-6-7-10-17(16)26-5-2/h4,6-13,26-27H,5H2,1-3H3,(H,28,29,30)/b8-4-,15-11+. The first kappa shape index (κ1) is 22.1. The number of nitrogens with one attached hydrogen (secondary N) is 3. The number of amides is 2. The minimum Gasteiger partial charge on any atom is -0.385 e. The van der Waals surface area contributed by atoms with E-state index in [9.17, 15) is 9.59 Å². The molecule has 1 atom stereocenters. The van der Waals surface area contributed by atoms with Crippen LogP contribution in [0.2, 0.25) is 5.15 Å². The van der Waals surface area contributed by atoms with Crippen molar-refractivity contribution in [1.29, 1.82) is 0 Å². The van der Waals surface area contributed by atoms with E-state index in [1.165, 1.54) is 0 Å². The van der Waals surface area contributed by atoms with Gasteiger partial charge < -0.3 is 10.3 Å². The molecule has 0 saturated carbocycles. The molecule has 0 spiro atoms. The van der Waals surface area contributed by atoms with Gasteiger partial charge in [0.15, 0.2) is 0 Å². The Bertz CT molecular complexity index is 1080. The van der Waals surface area contributed by atoms with E-state index in [1.54, 1.807) is 6.20 Å². The Morgan fingerprint density at radius 2 is 2.00 bits per heavy atom. The van der Waals surface area contributed by atoms with Crippen molar-refractivity contribution in [2.45, 2.75) is 26.7 Å². The van der Waals surface area contributed by atoms with Crippen LogP contribution in [0, 0.1) is 0 Å². The van der Waals surface area contributed by atoms with Crippen molar-refractivity contribution < 1.29 is 9.59 Å². The van der Waals surface area contributed by atoms with Crippen LogP contribution in [0.3, 0.4) is 0 Å². The summed E-state index contributed by atoms with van der Waals surface area (Å²) in [6.07, 6.45) is 7.36. The van der Waals surface area contributed by atoms with Crippen LogP contribution in [-0.4, -0.2) is 23.3 Å². The Labute approximate surface area is 189 Å². The molecule has 7 heteroatoms. The van der Waals surface area contributed by atoms with E-state index in [0.717, 1.165) is 27.8 Å². The average molecular weight is 489 g/mol. The number of H-pyrrole nitrogens is 1. The third kappa shape index (κ3) is 4.30. The molecule has 1 aromatic carbocycles. The van der Waals surface area contributed by atoms with Crippen molar-refractivity contribution in [2.24, 2.45) is 0 Å². The average Bonchev–Trinajstić information content (AvgIpc) is 3.20. The second-order valence-electron chi connectivity index (χ2n) is 6.87. The largest absolute Gasteiger partial charge is 0.385 e. The summed E-state index contributed by atoms with van der Waals surface area (Å²) in [6.45, 7) is 6.60. The fraction of sp³-hybridized carbons (Fsp3) is 0.217. The van der Waals surface area contributed by atoms with E-state index >= 15 is 0 Å². The molecule has 0 saturated heterocycles. The summed E-state index contributed by atoms with van der Waals surface area (Å²) in [6, 6.07) is 7.79. The molecule has 156 valence electrons. The lowest BCUT2D eigenvalue weighted by Crippen LogP contribution is -2.24. The van der Waals surface area contributed by atoms with Gasteiger partial charge in [-0.05, 0) is 31.6 Å². The summed E-state index contributed by atoms with van der Waals surface area (Å²) in [4.78, 5) is 28.6. The summed E-state index contributed by atoms with van der Waals surface area (Å²) < 4.78 is 0.819. The number of allylic oxidation sites excluding steroid dienone is 3. The van der Waals surface area contributed by atoms with Gasteiger partial charge in [0.2, 0.25) is 0 Å². The zero-order valence-corrected chi connectivity index (χ0v) is 19.3. The van der Waals surface area contributed by atoms with Crippen LogP contribution < -0.4 is 10.6 Å². The number of aromatic amines is 1. The molecule has 1 unspecified atom stereocenters. The molecule has 2 amide bonds. The molecular formula is C23H23BrClN3O2. The minimum atomic E-state index is -0.443. The number of carbonyl (C=O) groups is 2. The number of benzene rings is 1. The second kappa shape index (κ2) is 9.49. The van der Waals surface area contributed by atoms with Crippen molar-refractivity contribution in [3.05, 3.63) is 74.5 Å². The molecule has 2 heterocycles. The molecule has 0 fully saturated rings. The highest BCUT2D eigenvalue weighted by molar-refractivity contribution is 9.12. The molecule has 3 N–H and O–H groups in total. The van der Waals surface area contributed by atoms with Gasteiger partial charge in [-0.2, -0.15) is 0 Å². The molecule has 3 rings (SSSR count). The lowest BCUT2D eigenvalue weighted by atomic mass is 9.87. The maximum absolute atomic E-state index is 12.8. The smallest absolute Gasteiger partial charge is 0.259 e. The van der Waals surface area contributed by atoms with E-state index < -0.39 is 11.8 Å². The number of imide groups is 1. The zero-order chi connectivity index (χ0) is 21.8. The van der Waals surface area contributed by atoms with Gasteiger partial charge in [-0.15, -0.1) is 0 Å². The quantitative estimate of drug-likeness (QED) is 0.349. The van der Waals surface area contributed by atoms with Crippen molar-refractivity contribution in [1.82, 2.24) is 10.3 Å². The van der Waals surface area contributed by atoms with Gasteiger partial charge in [0.25, 0.3) is 11.8 Å². The van der Waals surface area contributed by atoms with Gasteiger partial charge in [-0.25, -0.2) is 0 Å². The number of anilines is 1. The Kier molecular flexibility index (Phi) is 7.00. The van der Waals surface area contributed by atoms with Crippen molar-refractivity contribution >= 4 is 56.7 Å². The highest BCUT2D eigenvalue weighted by Gasteiger charge is 2.37. The van der Waals surface area contributed by atoms with E-state index in [-0.39, 0.29) is 5.92 Å². The number of aromatic nitrogens is 1. The Hall–Kier alpha value is -2.57. The molecule has 1 aliphatic heterocycles. The maximum Gasteiger partial charge on any atom is 0.259 e. The van der Waals surface area contributed by atoms with Gasteiger partial charge in [0, 0.05) is 45.5 Å². The maximum atomic E-state index is 12.8. The summed E-state index contributed by atoms with van der Waals surface area (Å²) in [5.41, 5.74) is 3.82. The number of rotatable bonds is 7. The summed E-state index contributed by atoms with van der Waals surface area (Å²) >= 11 is 9.93. The monoisotopic (exact) mass is 487 g/mol. The first-order chi connectivity index (χ1) is 14.4. The molecule has 1 aromatic heterocycles. The van der Waals surface area contributed by atoms with Crippen LogP contribution in [0.4, 0.5) is 5.69 Å². The van der Waals surface area contributed by atoms with Crippen molar-refractivity contribution in [3.63, 3.8) is 0 Å². The highest BCUT2D eigenvalue weighted by Crippen LogP contribution is 2.40. The third-order valence-corrected chi connectivity index (χ3v) is 5.72. The van der Waals surface area contributed by atoms with Crippen LogP contribution in [-0.2, 0) is 9.59 Å². The summed E-state index contributed by atoms with van der Waals surface area (Å²) in [5.74, 6) is -1.15. The molecule has 1 aliphatic rings. The Balaban J connectivity index is 2.20. The normalized spacial score (nSPS) is 15.8. The first-order valence-electron chi connectivity index (χ1n) is 9.68. The van der Waals surface area contributed by atoms with E-state index in [0.29, 0.717) is 21.9 Å². The third-order valence-electron chi connectivity index (χ3n) is 4.93. The second-order valence-corrected chi connectivity index (χ2v) is 8.17. The predicted octanol–water partition coefficient (Wildman–Crippen LogP) is 5.63. The number of hydrogen-bond acceptors (Lipinski definition) is 3. The summed E-state index contributed by atoms with van der Waals surface area (Å²) in [7, 11) is 0. The number of halogens is 2. The molecule has 2 aromatic rings. The van der Waals surface area contributed by atoms with Crippen LogP contribution in [0.1, 0.15) is 43.4 Å². The van der Waals surface area contributed by atoms with Crippen LogP contribution >= 0.6 is 27.5 Å². The number of carbonyl (C=O) groups excluding carboxylic acids is 2. The topological polar surface area (TPSA) is 74.0 Å². The van der Waals surface area contributed by atoms with Crippen LogP contribution in [0.25, 0.3) is 11.6 Å². The predicted molar refractivity (Wildman–Crippen MR) is 127 cm³/mol. The fourth-order valence-corrected chi connectivity index (χ4v) is 4.42. The molecule has 5 nitrogen and oxygen atoms in total. The van der Waals surface area contributed by atoms with Gasteiger partial charge in [0.05, 0.1) is 5.57 Å². The van der Waals surface area contributed by atoms with Crippen LogP contribution in [0.5, 0.6) is 0 Å². The lowest BCUT2D eigenvalue weighted by molar-refractivity contribution is -0.123. The minimum absolute atomic E-state index is 0.303. The highest BCUT2D eigenvalue weighted by atomic mass is 79.9. The van der Waals surface area contributed by atoms with Gasteiger partial charge >= 0.3 is 0 Å². The van der Waals surface area contributed by atoms with Gasteiger partial charge in [-0.1, -0.05) is 64.8 Å². The number of hydrogen-bond donors (Lipinski definition) is 3. The Morgan fingerprint density at radius 3 is 2.70 bits per heavy atom. The zero-order valence-electron chi connectivity index (χ0n) is 17.0. The van der Waals surface area contributed by atoms with Crippen molar-refractivity contribution in [3.8, 4) is 0 Å². The lowest BCUT2D eigenvalue weighted by Gasteiger charge is -2.18. The Morgan fingerprint density at radius 1 is 1.27 bits per heavy atom. The van der Waals surface area contributed by atoms with E-state index in [4.69, 9.17) is 11.6 Å². The molecule has 30 heavy (non-hydrogen) atoms. The number of para-hydroxylation sites is 1. The fourth-order valence-electron chi connectivity index (χ4n) is 3.65. The molecule has 0 radical (unpaired) electrons. The van der Waals surface area contributed by atoms with Crippen molar-refractivity contribution in [2.75, 3.05) is 11.9 Å².